The highest BCUT2D eigenvalue weighted by Gasteiger charge is 2.04. The van der Waals surface area contributed by atoms with Gasteiger partial charge in [-0.3, -0.25) is 0 Å². The summed E-state index contributed by atoms with van der Waals surface area (Å²) in [5.41, 5.74) is 6.44. The quantitative estimate of drug-likeness (QED) is 0.526. The van der Waals surface area contributed by atoms with Gasteiger partial charge in [0.1, 0.15) is 6.54 Å². The van der Waals surface area contributed by atoms with Crippen molar-refractivity contribution in [1.29, 1.82) is 5.26 Å². The fraction of sp³-hybridized carbons (Fsp3) is 0.111. The van der Waals surface area contributed by atoms with Gasteiger partial charge in [0.05, 0.1) is 16.8 Å². The van der Waals surface area contributed by atoms with Crippen LogP contribution in [-0.4, -0.2) is 12.6 Å². The summed E-state index contributed by atoms with van der Waals surface area (Å²) in [5.74, 6) is 0. The topological polar surface area (TPSA) is 90.9 Å². The van der Waals surface area contributed by atoms with E-state index in [1.807, 2.05) is 0 Å². The Labute approximate surface area is 91.8 Å². The van der Waals surface area contributed by atoms with E-state index in [9.17, 15) is 4.79 Å². The van der Waals surface area contributed by atoms with Crippen LogP contribution in [0.3, 0.4) is 0 Å². The molecule has 4 N–H and O–H groups in total. The van der Waals surface area contributed by atoms with Gasteiger partial charge in [-0.2, -0.15) is 5.26 Å². The Balaban J connectivity index is 2.65. The first-order chi connectivity index (χ1) is 7.13. The van der Waals surface area contributed by atoms with Crippen molar-refractivity contribution in [2.45, 2.75) is 0 Å². The molecule has 2 amide bonds. The number of carbonyl (C=O) groups is 1. The van der Waals surface area contributed by atoms with Crippen LogP contribution in [0, 0.1) is 11.3 Å². The van der Waals surface area contributed by atoms with E-state index in [2.05, 4.69) is 10.6 Å². The molecule has 0 atom stereocenters. The molecule has 0 unspecified atom stereocenters. The monoisotopic (exact) mass is 224 g/mol. The van der Waals surface area contributed by atoms with Gasteiger partial charge in [0, 0.05) is 5.69 Å². The van der Waals surface area contributed by atoms with Crippen LogP contribution in [0.4, 0.5) is 16.2 Å². The summed E-state index contributed by atoms with van der Waals surface area (Å²) in [5, 5.41) is 13.4. The number of benzene rings is 1. The summed E-state index contributed by atoms with van der Waals surface area (Å²) in [6.07, 6.45) is 0. The molecular weight excluding hydrogens is 216 g/mol. The number of nitrogens with two attached hydrogens (primary N) is 1. The molecule has 5 nitrogen and oxygen atoms in total. The number of nitriles is 1. The average molecular weight is 225 g/mol. The van der Waals surface area contributed by atoms with Gasteiger partial charge >= 0.3 is 6.03 Å². The number of rotatable bonds is 2. The van der Waals surface area contributed by atoms with Crippen LogP contribution in [0.1, 0.15) is 0 Å². The third-order valence-corrected chi connectivity index (χ3v) is 1.88. The van der Waals surface area contributed by atoms with Crippen LogP contribution in [0.25, 0.3) is 0 Å². The van der Waals surface area contributed by atoms with Crippen molar-refractivity contribution >= 4 is 29.0 Å². The number of halogens is 1. The molecule has 0 spiro atoms. The lowest BCUT2D eigenvalue weighted by molar-refractivity contribution is 0.253. The summed E-state index contributed by atoms with van der Waals surface area (Å²) < 4.78 is 0. The molecule has 0 bridgehead atoms. The number of urea groups is 1. The maximum Gasteiger partial charge on any atom is 0.320 e. The molecule has 15 heavy (non-hydrogen) atoms. The molecule has 1 rings (SSSR count). The molecule has 6 heteroatoms. The van der Waals surface area contributed by atoms with Gasteiger partial charge in [-0.15, -0.1) is 0 Å². The molecule has 0 radical (unpaired) electrons. The van der Waals surface area contributed by atoms with Crippen LogP contribution in [0.15, 0.2) is 18.2 Å². The zero-order chi connectivity index (χ0) is 11.3. The van der Waals surface area contributed by atoms with Crippen molar-refractivity contribution in [3.8, 4) is 6.07 Å². The Morgan fingerprint density at radius 3 is 2.93 bits per heavy atom. The normalized spacial score (nSPS) is 9.07. The minimum Gasteiger partial charge on any atom is -0.399 e. The molecular formula is C9H9ClN4O. The van der Waals surface area contributed by atoms with Gasteiger partial charge in [0.25, 0.3) is 0 Å². The highest BCUT2D eigenvalue weighted by atomic mass is 35.5. The van der Waals surface area contributed by atoms with Crippen LogP contribution >= 0.6 is 11.6 Å². The fourth-order valence-electron chi connectivity index (χ4n) is 0.919. The number of amides is 2. The SMILES string of the molecule is N#CCNC(=O)Nc1ccc(N)cc1Cl. The van der Waals surface area contributed by atoms with E-state index in [1.54, 1.807) is 18.2 Å². The van der Waals surface area contributed by atoms with E-state index in [1.165, 1.54) is 6.07 Å². The molecule has 0 aliphatic carbocycles. The summed E-state index contributed by atoms with van der Waals surface area (Å²) in [6, 6.07) is 6.03. The summed E-state index contributed by atoms with van der Waals surface area (Å²) in [6.45, 7) is -0.0571. The van der Waals surface area contributed by atoms with Gasteiger partial charge in [0.2, 0.25) is 0 Å². The lowest BCUT2D eigenvalue weighted by atomic mass is 10.3. The average Bonchev–Trinajstić information content (AvgIpc) is 2.19. The number of anilines is 2. The second-order valence-corrected chi connectivity index (χ2v) is 3.11. The lowest BCUT2D eigenvalue weighted by Crippen LogP contribution is -2.28. The van der Waals surface area contributed by atoms with Crippen molar-refractivity contribution in [2.24, 2.45) is 0 Å². The van der Waals surface area contributed by atoms with E-state index in [0.29, 0.717) is 16.4 Å². The number of nitrogen functional groups attached to an aromatic ring is 1. The number of hydrogen-bond donors (Lipinski definition) is 3. The number of nitrogens with one attached hydrogen (secondary N) is 2. The van der Waals surface area contributed by atoms with Crippen LogP contribution in [0.5, 0.6) is 0 Å². The van der Waals surface area contributed by atoms with Crippen LogP contribution in [0.2, 0.25) is 5.02 Å². The Kier molecular flexibility index (Phi) is 3.77. The molecule has 1 aromatic rings. The molecule has 0 aliphatic heterocycles. The molecule has 0 aliphatic rings. The molecule has 0 saturated heterocycles. The van der Waals surface area contributed by atoms with E-state index >= 15 is 0 Å². The van der Waals surface area contributed by atoms with Gasteiger partial charge in [-0.1, -0.05) is 11.6 Å². The highest BCUT2D eigenvalue weighted by Crippen LogP contribution is 2.23. The van der Waals surface area contributed by atoms with Crippen molar-refractivity contribution in [3.63, 3.8) is 0 Å². The first-order valence-corrected chi connectivity index (χ1v) is 4.48. The maximum absolute atomic E-state index is 11.1. The van der Waals surface area contributed by atoms with Gasteiger partial charge in [-0.25, -0.2) is 4.79 Å². The molecule has 0 saturated carbocycles. The largest absolute Gasteiger partial charge is 0.399 e. The molecule has 1 aromatic carbocycles. The first-order valence-electron chi connectivity index (χ1n) is 4.10. The Morgan fingerprint density at radius 1 is 1.60 bits per heavy atom. The number of nitrogens with zero attached hydrogens (tertiary/aromatic N) is 1. The molecule has 0 heterocycles. The van der Waals surface area contributed by atoms with Crippen LogP contribution in [-0.2, 0) is 0 Å². The van der Waals surface area contributed by atoms with Gasteiger partial charge in [0.15, 0.2) is 0 Å². The number of carbonyl (C=O) groups excluding carboxylic acids is 1. The lowest BCUT2D eigenvalue weighted by Gasteiger charge is -2.07. The van der Waals surface area contributed by atoms with E-state index in [-0.39, 0.29) is 6.54 Å². The standard InChI is InChI=1S/C9H9ClN4O/c10-7-5-6(12)1-2-8(7)14-9(15)13-4-3-11/h1-2,5H,4,12H2,(H2,13,14,15). The fourth-order valence-corrected chi connectivity index (χ4v) is 1.16. The Bertz CT molecular complexity index is 413. The van der Waals surface area contributed by atoms with Gasteiger partial charge < -0.3 is 16.4 Å². The summed E-state index contributed by atoms with van der Waals surface area (Å²) in [4.78, 5) is 11.1. The van der Waals surface area contributed by atoms with Gasteiger partial charge in [-0.05, 0) is 18.2 Å². The van der Waals surface area contributed by atoms with Crippen molar-refractivity contribution in [2.75, 3.05) is 17.6 Å². The van der Waals surface area contributed by atoms with E-state index in [4.69, 9.17) is 22.6 Å². The minimum absolute atomic E-state index is 0.0571. The predicted molar refractivity (Wildman–Crippen MR) is 58.5 cm³/mol. The second-order valence-electron chi connectivity index (χ2n) is 2.71. The highest BCUT2D eigenvalue weighted by molar-refractivity contribution is 6.34. The second kappa shape index (κ2) is 5.08. The summed E-state index contributed by atoms with van der Waals surface area (Å²) >= 11 is 5.82. The first kappa shape index (κ1) is 11.1. The smallest absolute Gasteiger partial charge is 0.320 e. The molecule has 0 fully saturated rings. The van der Waals surface area contributed by atoms with Crippen LogP contribution < -0.4 is 16.4 Å². The zero-order valence-electron chi connectivity index (χ0n) is 7.75. The molecule has 78 valence electrons. The predicted octanol–water partition coefficient (Wildman–Crippen LogP) is 1.57. The van der Waals surface area contributed by atoms with Crippen molar-refractivity contribution in [1.82, 2.24) is 5.32 Å². The molecule has 0 aromatic heterocycles. The third kappa shape index (κ3) is 3.37. The Morgan fingerprint density at radius 2 is 2.33 bits per heavy atom. The van der Waals surface area contributed by atoms with E-state index in [0.717, 1.165) is 0 Å². The zero-order valence-corrected chi connectivity index (χ0v) is 8.51. The van der Waals surface area contributed by atoms with Crippen molar-refractivity contribution < 1.29 is 4.79 Å². The number of hydrogen-bond acceptors (Lipinski definition) is 3. The van der Waals surface area contributed by atoms with E-state index < -0.39 is 6.03 Å². The third-order valence-electron chi connectivity index (χ3n) is 1.57. The van der Waals surface area contributed by atoms with Crippen molar-refractivity contribution in [3.05, 3.63) is 23.2 Å². The Hall–Kier alpha value is -1.93. The minimum atomic E-state index is -0.483. The maximum atomic E-state index is 11.1. The summed E-state index contributed by atoms with van der Waals surface area (Å²) in [7, 11) is 0.